The number of rotatable bonds is 7. The molecule has 5 heteroatoms. The van der Waals surface area contributed by atoms with Crippen LogP contribution in [-0.2, 0) is 6.54 Å². The van der Waals surface area contributed by atoms with Gasteiger partial charge in [0.15, 0.2) is 0 Å². The minimum Gasteiger partial charge on any atom is -0.354 e. The maximum absolute atomic E-state index is 4.69. The maximum atomic E-state index is 4.69. The van der Waals surface area contributed by atoms with E-state index in [2.05, 4.69) is 69.3 Å². The number of benzene rings is 1. The lowest BCUT2D eigenvalue weighted by Crippen LogP contribution is -2.46. The molecule has 1 aliphatic rings. The fourth-order valence-corrected chi connectivity index (χ4v) is 3.06. The van der Waals surface area contributed by atoms with Gasteiger partial charge in [-0.05, 0) is 24.0 Å². The van der Waals surface area contributed by atoms with E-state index in [1.165, 1.54) is 5.56 Å². The minimum absolute atomic E-state index is 0.688. The molecule has 0 amide bonds. The van der Waals surface area contributed by atoms with E-state index in [1.807, 2.05) is 12.3 Å². The molecule has 5 nitrogen and oxygen atoms in total. The average Bonchev–Trinajstić information content (AvgIpc) is 2.63. The van der Waals surface area contributed by atoms with E-state index in [9.17, 15) is 0 Å². The summed E-state index contributed by atoms with van der Waals surface area (Å²) < 4.78 is 0. The van der Waals surface area contributed by atoms with Crippen LogP contribution in [0.3, 0.4) is 0 Å². The molecule has 1 fully saturated rings. The van der Waals surface area contributed by atoms with E-state index in [0.29, 0.717) is 5.92 Å². The quantitative estimate of drug-likeness (QED) is 0.839. The predicted octanol–water partition coefficient (Wildman–Crippen LogP) is 3.26. The molecule has 2 heterocycles. The van der Waals surface area contributed by atoms with Crippen molar-refractivity contribution in [2.24, 2.45) is 5.92 Å². The Kier molecular flexibility index (Phi) is 6.23. The van der Waals surface area contributed by atoms with Crippen LogP contribution in [-0.4, -0.2) is 47.6 Å². The summed E-state index contributed by atoms with van der Waals surface area (Å²) in [4.78, 5) is 13.9. The van der Waals surface area contributed by atoms with Crippen LogP contribution in [0, 0.1) is 5.92 Å². The van der Waals surface area contributed by atoms with Crippen molar-refractivity contribution in [3.63, 3.8) is 0 Å². The SMILES string of the molecule is CC(C)CCNc1nccc(N2CCN(Cc3ccccc3)CC2)n1. The monoisotopic (exact) mass is 339 g/mol. The van der Waals surface area contributed by atoms with Gasteiger partial charge in [0, 0.05) is 45.5 Å². The Balaban J connectivity index is 1.50. The van der Waals surface area contributed by atoms with Crippen molar-refractivity contribution < 1.29 is 0 Å². The summed E-state index contributed by atoms with van der Waals surface area (Å²) >= 11 is 0. The Hall–Kier alpha value is -2.14. The van der Waals surface area contributed by atoms with Gasteiger partial charge in [-0.25, -0.2) is 4.98 Å². The Bertz CT molecular complexity index is 636. The van der Waals surface area contributed by atoms with Gasteiger partial charge in [-0.3, -0.25) is 4.90 Å². The summed E-state index contributed by atoms with van der Waals surface area (Å²) in [6.45, 7) is 10.6. The van der Waals surface area contributed by atoms with Crippen molar-refractivity contribution in [3.8, 4) is 0 Å². The van der Waals surface area contributed by atoms with E-state index >= 15 is 0 Å². The first-order valence-electron chi connectivity index (χ1n) is 9.29. The van der Waals surface area contributed by atoms with Gasteiger partial charge in [0.2, 0.25) is 5.95 Å². The highest BCUT2D eigenvalue weighted by atomic mass is 15.3. The summed E-state index contributed by atoms with van der Waals surface area (Å²) in [5, 5.41) is 3.34. The lowest BCUT2D eigenvalue weighted by Gasteiger charge is -2.35. The number of piperazine rings is 1. The highest BCUT2D eigenvalue weighted by molar-refractivity contribution is 5.43. The second kappa shape index (κ2) is 8.81. The molecule has 0 saturated carbocycles. The number of hydrogen-bond donors (Lipinski definition) is 1. The van der Waals surface area contributed by atoms with Crippen molar-refractivity contribution in [3.05, 3.63) is 48.2 Å². The van der Waals surface area contributed by atoms with Crippen LogP contribution in [0.5, 0.6) is 0 Å². The number of hydrogen-bond acceptors (Lipinski definition) is 5. The van der Waals surface area contributed by atoms with E-state index in [-0.39, 0.29) is 0 Å². The second-order valence-corrected chi connectivity index (χ2v) is 7.10. The van der Waals surface area contributed by atoms with Crippen molar-refractivity contribution in [2.45, 2.75) is 26.8 Å². The highest BCUT2D eigenvalue weighted by Crippen LogP contribution is 2.16. The summed E-state index contributed by atoms with van der Waals surface area (Å²) in [6.07, 6.45) is 2.99. The molecule has 0 unspecified atom stereocenters. The predicted molar refractivity (Wildman–Crippen MR) is 104 cm³/mol. The molecule has 1 N–H and O–H groups in total. The van der Waals surface area contributed by atoms with Crippen molar-refractivity contribution >= 4 is 11.8 Å². The molecular formula is C20H29N5. The molecule has 2 aromatic rings. The minimum atomic E-state index is 0.688. The molecule has 3 rings (SSSR count). The van der Waals surface area contributed by atoms with Crippen molar-refractivity contribution in [1.82, 2.24) is 14.9 Å². The van der Waals surface area contributed by atoms with Crippen LogP contribution in [0.4, 0.5) is 11.8 Å². The normalized spacial score (nSPS) is 15.6. The van der Waals surface area contributed by atoms with Crippen LogP contribution >= 0.6 is 0 Å². The van der Waals surface area contributed by atoms with Gasteiger partial charge in [0.25, 0.3) is 0 Å². The van der Waals surface area contributed by atoms with Crippen LogP contribution in [0.1, 0.15) is 25.8 Å². The van der Waals surface area contributed by atoms with Gasteiger partial charge in [-0.15, -0.1) is 0 Å². The first-order valence-corrected chi connectivity index (χ1v) is 9.29. The summed E-state index contributed by atoms with van der Waals surface area (Å²) in [5.74, 6) is 2.46. The first kappa shape index (κ1) is 17.7. The molecule has 1 saturated heterocycles. The molecule has 1 aromatic carbocycles. The average molecular weight is 339 g/mol. The molecule has 0 spiro atoms. The number of anilines is 2. The second-order valence-electron chi connectivity index (χ2n) is 7.10. The van der Waals surface area contributed by atoms with E-state index in [1.54, 1.807) is 0 Å². The van der Waals surface area contributed by atoms with Crippen LogP contribution in [0.25, 0.3) is 0 Å². The van der Waals surface area contributed by atoms with E-state index in [4.69, 9.17) is 0 Å². The van der Waals surface area contributed by atoms with Crippen LogP contribution in [0.15, 0.2) is 42.6 Å². The van der Waals surface area contributed by atoms with Gasteiger partial charge in [0.1, 0.15) is 5.82 Å². The Morgan fingerprint density at radius 2 is 1.80 bits per heavy atom. The third-order valence-electron chi connectivity index (χ3n) is 4.59. The van der Waals surface area contributed by atoms with Crippen LogP contribution in [0.2, 0.25) is 0 Å². The molecule has 1 aromatic heterocycles. The number of nitrogens with one attached hydrogen (secondary N) is 1. The lowest BCUT2D eigenvalue weighted by atomic mass is 10.1. The summed E-state index contributed by atoms with van der Waals surface area (Å²) in [7, 11) is 0. The molecule has 1 aliphatic heterocycles. The lowest BCUT2D eigenvalue weighted by molar-refractivity contribution is 0.249. The fourth-order valence-electron chi connectivity index (χ4n) is 3.06. The fraction of sp³-hybridized carbons (Fsp3) is 0.500. The standard InChI is InChI=1S/C20H29N5/c1-17(2)8-10-21-20-22-11-9-19(23-20)25-14-12-24(13-15-25)16-18-6-4-3-5-7-18/h3-7,9,11,17H,8,10,12-16H2,1-2H3,(H,21,22,23). The molecule has 0 bridgehead atoms. The Morgan fingerprint density at radius 3 is 2.52 bits per heavy atom. The molecule has 0 atom stereocenters. The molecular weight excluding hydrogens is 310 g/mol. The third-order valence-corrected chi connectivity index (χ3v) is 4.59. The Morgan fingerprint density at radius 1 is 1.04 bits per heavy atom. The third kappa shape index (κ3) is 5.43. The number of nitrogens with zero attached hydrogens (tertiary/aromatic N) is 4. The van der Waals surface area contributed by atoms with Gasteiger partial charge in [-0.1, -0.05) is 44.2 Å². The van der Waals surface area contributed by atoms with Crippen LogP contribution < -0.4 is 10.2 Å². The smallest absolute Gasteiger partial charge is 0.224 e. The van der Waals surface area contributed by atoms with Gasteiger partial charge >= 0.3 is 0 Å². The van der Waals surface area contributed by atoms with Gasteiger partial charge in [-0.2, -0.15) is 4.98 Å². The topological polar surface area (TPSA) is 44.3 Å². The molecule has 0 aliphatic carbocycles. The maximum Gasteiger partial charge on any atom is 0.224 e. The zero-order valence-corrected chi connectivity index (χ0v) is 15.4. The zero-order chi connectivity index (χ0) is 17.5. The largest absolute Gasteiger partial charge is 0.354 e. The summed E-state index contributed by atoms with van der Waals surface area (Å²) in [5.41, 5.74) is 1.38. The van der Waals surface area contributed by atoms with Crippen molar-refractivity contribution in [1.29, 1.82) is 0 Å². The summed E-state index contributed by atoms with van der Waals surface area (Å²) in [6, 6.07) is 12.7. The zero-order valence-electron chi connectivity index (χ0n) is 15.4. The molecule has 134 valence electrons. The van der Waals surface area contributed by atoms with Crippen molar-refractivity contribution in [2.75, 3.05) is 42.9 Å². The van der Waals surface area contributed by atoms with E-state index < -0.39 is 0 Å². The van der Waals surface area contributed by atoms with E-state index in [0.717, 1.165) is 57.5 Å². The van der Waals surface area contributed by atoms with Gasteiger partial charge in [0.05, 0.1) is 0 Å². The molecule has 0 radical (unpaired) electrons. The number of aromatic nitrogens is 2. The first-order chi connectivity index (χ1) is 12.2. The van der Waals surface area contributed by atoms with Gasteiger partial charge < -0.3 is 10.2 Å². The molecule has 25 heavy (non-hydrogen) atoms. The highest BCUT2D eigenvalue weighted by Gasteiger charge is 2.18. The Labute approximate surface area is 151 Å².